The van der Waals surface area contributed by atoms with Crippen LogP contribution in [0.4, 0.5) is 11.4 Å². The number of benzene rings is 4. The lowest BCUT2D eigenvalue weighted by Crippen LogP contribution is -2.31. The number of carbonyl (C=O) groups excluding carboxylic acids is 1. The lowest BCUT2D eigenvalue weighted by molar-refractivity contribution is 0.0699. The molecular weight excluding hydrogens is 849 g/mol. The number of sulfonamides is 2. The minimum Gasteiger partial charge on any atom is -0.478 e. The number of amides is 1. The molecule has 0 spiro atoms. The standard InChI is InChI=1S/C24H27N3O3S.C17H14N2O4S.C8H17N/c1-31(29,30)27-23-21(24(28)25-16-17-10-4-2-5-11-17)19-14-8-9-15-20(19)26-22(23)18-12-6-3-7-13-18;1-24(22,23)19-16-14(17(20)21)12-9-5-6-10-13(12)18-15(16)11-7-3-2-4-8-11;1-7(9)8-5-3-2-4-6-8/h3,6-9,12-15,17,27H,2,4-5,10-11,16H2,1H3,(H,25,28);2-10,19H,1H3,(H,20,21);7-8H,2-6,9H2,1H3/t;;7-/m..0/s1. The summed E-state index contributed by atoms with van der Waals surface area (Å²) < 4.78 is 52.9. The number of anilines is 2. The van der Waals surface area contributed by atoms with Gasteiger partial charge in [-0.2, -0.15) is 0 Å². The van der Waals surface area contributed by atoms with Gasteiger partial charge in [-0.1, -0.05) is 136 Å². The molecule has 15 heteroatoms. The van der Waals surface area contributed by atoms with Crippen LogP contribution in [0.25, 0.3) is 44.3 Å². The Morgan fingerprint density at radius 1 is 0.625 bits per heavy atom. The maximum Gasteiger partial charge on any atom is 0.338 e. The molecule has 1 amide bonds. The zero-order valence-corrected chi connectivity index (χ0v) is 38.2. The summed E-state index contributed by atoms with van der Waals surface area (Å²) in [7, 11) is -7.32. The van der Waals surface area contributed by atoms with Crippen molar-refractivity contribution in [2.75, 3.05) is 28.5 Å². The van der Waals surface area contributed by atoms with Crippen LogP contribution in [0.5, 0.6) is 0 Å². The molecule has 2 saturated carbocycles. The first-order chi connectivity index (χ1) is 30.6. The van der Waals surface area contributed by atoms with E-state index in [-0.39, 0.29) is 28.5 Å². The molecule has 4 aromatic carbocycles. The lowest BCUT2D eigenvalue weighted by Gasteiger charge is -2.24. The second-order valence-corrected chi connectivity index (χ2v) is 20.2. The SMILES string of the molecule is CS(=O)(=O)Nc1c(-c2ccccc2)nc2ccccc2c1C(=O)NCC1CCCCC1.CS(=O)(=O)Nc1c(-c2ccccc2)nc2ccccc2c1C(=O)O.C[C@H](N)C1CCCCC1. The van der Waals surface area contributed by atoms with Gasteiger partial charge in [0.1, 0.15) is 0 Å². The van der Waals surface area contributed by atoms with E-state index in [1.165, 1.54) is 51.4 Å². The fraction of sp³-hybridized carbons (Fsp3) is 0.347. The molecule has 2 aliphatic carbocycles. The van der Waals surface area contributed by atoms with Crippen molar-refractivity contribution in [2.24, 2.45) is 17.6 Å². The highest BCUT2D eigenvalue weighted by Gasteiger charge is 2.26. The van der Waals surface area contributed by atoms with Gasteiger partial charge in [-0.05, 0) is 56.6 Å². The number of aromatic nitrogens is 2. The average Bonchev–Trinajstić information content (AvgIpc) is 3.28. The predicted molar refractivity (Wildman–Crippen MR) is 257 cm³/mol. The van der Waals surface area contributed by atoms with Crippen molar-refractivity contribution in [1.29, 1.82) is 0 Å². The number of carboxylic acids is 1. The van der Waals surface area contributed by atoms with E-state index in [2.05, 4.69) is 26.7 Å². The van der Waals surface area contributed by atoms with Crippen molar-refractivity contribution in [3.05, 3.63) is 120 Å². The van der Waals surface area contributed by atoms with Crippen molar-refractivity contribution in [3.63, 3.8) is 0 Å². The molecule has 8 rings (SSSR count). The van der Waals surface area contributed by atoms with E-state index < -0.39 is 26.0 Å². The normalized spacial score (nSPS) is 15.2. The van der Waals surface area contributed by atoms with Crippen molar-refractivity contribution < 1.29 is 31.5 Å². The van der Waals surface area contributed by atoms with Crippen LogP contribution in [0.3, 0.4) is 0 Å². The summed E-state index contributed by atoms with van der Waals surface area (Å²) in [5, 5.41) is 13.7. The molecule has 0 saturated heterocycles. The number of hydrogen-bond donors (Lipinski definition) is 5. The third-order valence-electron chi connectivity index (χ3n) is 11.6. The van der Waals surface area contributed by atoms with Gasteiger partial charge >= 0.3 is 5.97 Å². The number of nitrogens with one attached hydrogen (secondary N) is 3. The number of nitrogens with zero attached hydrogens (tertiary/aromatic N) is 2. The number of carbonyl (C=O) groups is 2. The topological polar surface area (TPSA) is 211 Å². The van der Waals surface area contributed by atoms with Crippen molar-refractivity contribution >= 4 is 65.1 Å². The molecule has 2 heterocycles. The number of rotatable bonds is 11. The first-order valence-electron chi connectivity index (χ1n) is 21.8. The van der Waals surface area contributed by atoms with Crippen LogP contribution in [0.15, 0.2) is 109 Å². The van der Waals surface area contributed by atoms with Gasteiger partial charge < -0.3 is 16.2 Å². The molecule has 2 fully saturated rings. The van der Waals surface area contributed by atoms with E-state index in [4.69, 9.17) is 10.7 Å². The summed E-state index contributed by atoms with van der Waals surface area (Å²) in [4.78, 5) is 34.5. The molecule has 2 aromatic heterocycles. The van der Waals surface area contributed by atoms with E-state index in [1.807, 2.05) is 54.6 Å². The van der Waals surface area contributed by atoms with Gasteiger partial charge in [-0.15, -0.1) is 0 Å². The largest absolute Gasteiger partial charge is 0.478 e. The maximum absolute atomic E-state index is 13.4. The summed E-state index contributed by atoms with van der Waals surface area (Å²) >= 11 is 0. The summed E-state index contributed by atoms with van der Waals surface area (Å²) in [5.74, 6) is -0.214. The van der Waals surface area contributed by atoms with Gasteiger partial charge in [0.25, 0.3) is 5.91 Å². The maximum atomic E-state index is 13.4. The van der Waals surface area contributed by atoms with Crippen LogP contribution in [0.1, 0.15) is 91.8 Å². The summed E-state index contributed by atoms with van der Waals surface area (Å²) in [6, 6.07) is 32.7. The highest BCUT2D eigenvalue weighted by molar-refractivity contribution is 7.92. The van der Waals surface area contributed by atoms with Crippen molar-refractivity contribution in [2.45, 2.75) is 77.2 Å². The molecule has 13 nitrogen and oxygen atoms in total. The van der Waals surface area contributed by atoms with Crippen molar-refractivity contribution in [1.82, 2.24) is 15.3 Å². The molecule has 6 N–H and O–H groups in total. The highest BCUT2D eigenvalue weighted by atomic mass is 32.2. The first kappa shape index (κ1) is 47.6. The number of pyridine rings is 2. The van der Waals surface area contributed by atoms with E-state index in [0.717, 1.165) is 36.8 Å². The Morgan fingerprint density at radius 2 is 1.03 bits per heavy atom. The predicted octanol–water partition coefficient (Wildman–Crippen LogP) is 9.47. The number of carboxylic acid groups (broad SMARTS) is 1. The number of aromatic carboxylic acids is 1. The Balaban J connectivity index is 0.000000182. The van der Waals surface area contributed by atoms with Crippen LogP contribution in [0.2, 0.25) is 0 Å². The zero-order chi connectivity index (χ0) is 45.9. The minimum absolute atomic E-state index is 0.0325. The van der Waals surface area contributed by atoms with E-state index in [1.54, 1.807) is 54.6 Å². The molecule has 0 radical (unpaired) electrons. The third-order valence-corrected chi connectivity index (χ3v) is 12.7. The zero-order valence-electron chi connectivity index (χ0n) is 36.6. The number of nitrogens with two attached hydrogens (primary N) is 1. The summed E-state index contributed by atoms with van der Waals surface area (Å²) in [6.07, 6.45) is 14.9. The van der Waals surface area contributed by atoms with Crippen LogP contribution in [-0.2, 0) is 20.0 Å². The fourth-order valence-corrected chi connectivity index (χ4v) is 9.58. The first-order valence-corrected chi connectivity index (χ1v) is 25.6. The van der Waals surface area contributed by atoms with Crippen molar-refractivity contribution in [3.8, 4) is 22.5 Å². The number of hydrogen-bond acceptors (Lipinski definition) is 9. The van der Waals surface area contributed by atoms with Gasteiger partial charge in [0.05, 0.1) is 57.4 Å². The fourth-order valence-electron chi connectivity index (χ4n) is 8.44. The molecule has 0 aliphatic heterocycles. The summed E-state index contributed by atoms with van der Waals surface area (Å²) in [5.41, 5.74) is 9.33. The van der Waals surface area contributed by atoms with E-state index in [9.17, 15) is 31.5 Å². The van der Waals surface area contributed by atoms with Crippen LogP contribution >= 0.6 is 0 Å². The summed E-state index contributed by atoms with van der Waals surface area (Å²) in [6.45, 7) is 2.73. The second kappa shape index (κ2) is 21.7. The quantitative estimate of drug-likeness (QED) is 0.0831. The molecule has 2 aliphatic rings. The number of para-hydroxylation sites is 2. The van der Waals surface area contributed by atoms with E-state index in [0.29, 0.717) is 57.1 Å². The Morgan fingerprint density at radius 3 is 1.45 bits per heavy atom. The Kier molecular flexibility index (Phi) is 16.1. The van der Waals surface area contributed by atoms with Gasteiger partial charge in [0.15, 0.2) is 0 Å². The highest BCUT2D eigenvalue weighted by Crippen LogP contribution is 2.37. The molecule has 64 heavy (non-hydrogen) atoms. The van der Waals surface area contributed by atoms with Gasteiger partial charge in [-0.25, -0.2) is 31.6 Å². The lowest BCUT2D eigenvalue weighted by atomic mass is 9.85. The van der Waals surface area contributed by atoms with Crippen LogP contribution in [-0.4, -0.2) is 68.9 Å². The van der Waals surface area contributed by atoms with Crippen LogP contribution < -0.4 is 20.5 Å². The van der Waals surface area contributed by atoms with Gasteiger partial charge in [-0.3, -0.25) is 14.2 Å². The minimum atomic E-state index is -3.69. The molecular formula is C49H58N6O7S2. The molecule has 6 aromatic rings. The molecule has 1 atom stereocenters. The van der Waals surface area contributed by atoms with Crippen LogP contribution in [0, 0.1) is 11.8 Å². The smallest absolute Gasteiger partial charge is 0.338 e. The third kappa shape index (κ3) is 12.9. The molecule has 338 valence electrons. The molecule has 0 bridgehead atoms. The Labute approximate surface area is 376 Å². The Hall–Kier alpha value is -5.90. The second-order valence-electron chi connectivity index (χ2n) is 16.7. The monoisotopic (exact) mass is 906 g/mol. The Bertz CT molecular complexity index is 2780. The number of fused-ring (bicyclic) bond motifs is 2. The average molecular weight is 907 g/mol. The van der Waals surface area contributed by atoms with Gasteiger partial charge in [0.2, 0.25) is 20.0 Å². The van der Waals surface area contributed by atoms with Gasteiger partial charge in [0, 0.05) is 34.5 Å². The van der Waals surface area contributed by atoms with E-state index >= 15 is 0 Å². The molecule has 0 unspecified atom stereocenters.